The standard InChI is InChI=1S/C74H76N2/c1-69(2,3)53-33-41-59(42-34-53)75-61-45-37-57(38-46-61)73(71(7,8)9,55-23-14-13-15-24-55)56-31-29-52(30-32-56)63-49-50-68(66-27-19-18-26-65(63)66)74(72(10,11)12,67-28-20-22-51-21-16-17-25-64(51)67)58-39-47-62(48-40-58)76-60-43-35-54(36-44-60)70(4,5)6/h13-50,75-76H,1-12H3. The van der Waals surface area contributed by atoms with Gasteiger partial charge in [0, 0.05) is 28.2 Å². The molecule has 0 aromatic heterocycles. The Bertz CT molecular complexity index is 3610. The molecule has 0 aliphatic heterocycles. The number of rotatable bonds is 11. The fraction of sp³-hybridized carbons (Fsp3) is 0.243. The van der Waals surface area contributed by atoms with Gasteiger partial charge < -0.3 is 10.6 Å². The molecule has 0 aliphatic carbocycles. The molecule has 382 valence electrons. The Hall–Kier alpha value is -7.68. The molecule has 2 nitrogen and oxygen atoms in total. The van der Waals surface area contributed by atoms with Crippen LogP contribution in [-0.4, -0.2) is 0 Å². The van der Waals surface area contributed by atoms with Crippen LogP contribution in [0.15, 0.2) is 231 Å². The first-order valence-electron chi connectivity index (χ1n) is 27.3. The van der Waals surface area contributed by atoms with E-state index >= 15 is 0 Å². The molecule has 2 N–H and O–H groups in total. The summed E-state index contributed by atoms with van der Waals surface area (Å²) in [5.41, 5.74) is 15.7. The van der Waals surface area contributed by atoms with E-state index in [9.17, 15) is 0 Å². The van der Waals surface area contributed by atoms with Crippen molar-refractivity contribution in [3.63, 3.8) is 0 Å². The molecule has 0 heterocycles. The molecule has 76 heavy (non-hydrogen) atoms. The van der Waals surface area contributed by atoms with Gasteiger partial charge in [-0.1, -0.05) is 265 Å². The normalized spacial score (nSPS) is 14.0. The van der Waals surface area contributed by atoms with Gasteiger partial charge in [-0.3, -0.25) is 0 Å². The maximum Gasteiger partial charge on any atom is 0.0511 e. The molecule has 0 aliphatic rings. The van der Waals surface area contributed by atoms with Crippen LogP contribution in [0.5, 0.6) is 0 Å². The molecule has 2 heteroatoms. The highest BCUT2D eigenvalue weighted by Gasteiger charge is 2.49. The van der Waals surface area contributed by atoms with E-state index in [0.717, 1.165) is 22.7 Å². The fourth-order valence-corrected chi connectivity index (χ4v) is 12.6. The molecule has 0 amide bonds. The summed E-state index contributed by atoms with van der Waals surface area (Å²) in [4.78, 5) is 0. The van der Waals surface area contributed by atoms with Crippen LogP contribution in [0.4, 0.5) is 22.7 Å². The van der Waals surface area contributed by atoms with E-state index in [-0.39, 0.29) is 21.7 Å². The zero-order valence-electron chi connectivity index (χ0n) is 46.9. The van der Waals surface area contributed by atoms with Gasteiger partial charge in [0.2, 0.25) is 0 Å². The summed E-state index contributed by atoms with van der Waals surface area (Å²) in [5, 5.41) is 12.4. The Labute approximate surface area is 454 Å². The van der Waals surface area contributed by atoms with Crippen molar-refractivity contribution in [3.05, 3.63) is 275 Å². The van der Waals surface area contributed by atoms with E-state index < -0.39 is 10.8 Å². The minimum atomic E-state index is -0.563. The van der Waals surface area contributed by atoms with Crippen LogP contribution in [0.25, 0.3) is 32.7 Å². The summed E-state index contributed by atoms with van der Waals surface area (Å²) >= 11 is 0. The van der Waals surface area contributed by atoms with Crippen LogP contribution < -0.4 is 10.6 Å². The first kappa shape index (κ1) is 51.8. The van der Waals surface area contributed by atoms with E-state index in [1.54, 1.807) is 0 Å². The summed E-state index contributed by atoms with van der Waals surface area (Å²) in [6.45, 7) is 28.0. The van der Waals surface area contributed by atoms with Crippen molar-refractivity contribution in [2.75, 3.05) is 10.6 Å². The zero-order valence-corrected chi connectivity index (χ0v) is 46.9. The van der Waals surface area contributed by atoms with Crippen molar-refractivity contribution in [1.29, 1.82) is 0 Å². The Kier molecular flexibility index (Phi) is 13.5. The van der Waals surface area contributed by atoms with Crippen LogP contribution in [-0.2, 0) is 21.7 Å². The molecule has 10 aromatic carbocycles. The third-order valence-corrected chi connectivity index (χ3v) is 16.3. The highest BCUT2D eigenvalue weighted by molar-refractivity contribution is 6.01. The van der Waals surface area contributed by atoms with Crippen molar-refractivity contribution in [2.45, 2.75) is 105 Å². The van der Waals surface area contributed by atoms with Crippen LogP contribution in [0.3, 0.4) is 0 Å². The summed E-state index contributed by atoms with van der Waals surface area (Å²) < 4.78 is 0. The van der Waals surface area contributed by atoms with Crippen LogP contribution in [0.1, 0.15) is 128 Å². The van der Waals surface area contributed by atoms with Crippen molar-refractivity contribution in [2.24, 2.45) is 10.8 Å². The van der Waals surface area contributed by atoms with E-state index in [1.807, 2.05) is 0 Å². The molecule has 2 atom stereocenters. The maximum absolute atomic E-state index is 3.72. The molecule has 10 rings (SSSR count). The Morgan fingerprint density at radius 1 is 0.250 bits per heavy atom. The summed E-state index contributed by atoms with van der Waals surface area (Å²) in [7, 11) is 0. The molecular weight excluding hydrogens is 917 g/mol. The largest absolute Gasteiger partial charge is 0.356 e. The Balaban J connectivity index is 1.08. The SMILES string of the molecule is CC(C)(C)c1ccc(Nc2ccc(C(c3ccccc3)(c3ccc(-c4ccc(C(c5ccc(Nc6ccc(C(C)(C)C)cc6)cc5)(c5cccc6ccccc56)C(C)(C)C)c5ccccc45)cc3)C(C)(C)C)cc2)cc1. The minimum absolute atomic E-state index is 0.0976. The van der Waals surface area contributed by atoms with Gasteiger partial charge in [-0.2, -0.15) is 0 Å². The lowest BCUT2D eigenvalue weighted by Gasteiger charge is -2.48. The second kappa shape index (κ2) is 19.8. The predicted octanol–water partition coefficient (Wildman–Crippen LogP) is 20.5. The Morgan fingerprint density at radius 3 is 1.07 bits per heavy atom. The second-order valence-electron chi connectivity index (χ2n) is 25.2. The van der Waals surface area contributed by atoms with Crippen molar-refractivity contribution in [3.8, 4) is 11.1 Å². The Morgan fingerprint density at radius 2 is 0.605 bits per heavy atom. The maximum atomic E-state index is 3.72. The van der Waals surface area contributed by atoms with E-state index in [2.05, 4.69) is 324 Å². The molecule has 0 radical (unpaired) electrons. The van der Waals surface area contributed by atoms with Gasteiger partial charge in [0.1, 0.15) is 0 Å². The van der Waals surface area contributed by atoms with Gasteiger partial charge in [0.15, 0.2) is 0 Å². The lowest BCUT2D eigenvalue weighted by Crippen LogP contribution is -2.43. The minimum Gasteiger partial charge on any atom is -0.356 e. The molecule has 0 saturated heterocycles. The number of hydrogen-bond acceptors (Lipinski definition) is 2. The molecular formula is C74H76N2. The van der Waals surface area contributed by atoms with Crippen molar-refractivity contribution >= 4 is 44.3 Å². The van der Waals surface area contributed by atoms with Crippen LogP contribution >= 0.6 is 0 Å². The van der Waals surface area contributed by atoms with Gasteiger partial charge in [0.05, 0.1) is 5.41 Å². The van der Waals surface area contributed by atoms with Crippen molar-refractivity contribution < 1.29 is 0 Å². The van der Waals surface area contributed by atoms with Gasteiger partial charge in [-0.15, -0.1) is 0 Å². The van der Waals surface area contributed by atoms with Gasteiger partial charge in [-0.05, 0) is 147 Å². The fourth-order valence-electron chi connectivity index (χ4n) is 12.6. The van der Waals surface area contributed by atoms with Gasteiger partial charge in [0.25, 0.3) is 0 Å². The molecule has 0 spiro atoms. The lowest BCUT2D eigenvalue weighted by atomic mass is 9.54. The number of benzene rings is 10. The molecule has 2 unspecified atom stereocenters. The molecule has 10 aromatic rings. The highest BCUT2D eigenvalue weighted by Crippen LogP contribution is 2.57. The van der Waals surface area contributed by atoms with Crippen LogP contribution in [0, 0.1) is 10.8 Å². The molecule has 0 fully saturated rings. The summed E-state index contributed by atoms with van der Waals surface area (Å²) in [6, 6.07) is 86.5. The first-order valence-corrected chi connectivity index (χ1v) is 27.3. The number of fused-ring (bicyclic) bond motifs is 2. The number of hydrogen-bond donors (Lipinski definition) is 2. The number of nitrogens with one attached hydrogen (secondary N) is 2. The third kappa shape index (κ3) is 9.42. The lowest BCUT2D eigenvalue weighted by molar-refractivity contribution is 0.272. The zero-order chi connectivity index (χ0) is 53.7. The monoisotopic (exact) mass is 993 g/mol. The summed E-state index contributed by atoms with van der Waals surface area (Å²) in [6.07, 6.45) is 0. The van der Waals surface area contributed by atoms with Crippen LogP contribution in [0.2, 0.25) is 0 Å². The van der Waals surface area contributed by atoms with E-state index in [4.69, 9.17) is 0 Å². The summed E-state index contributed by atoms with van der Waals surface area (Å²) in [5.74, 6) is 0. The molecule has 0 saturated carbocycles. The smallest absolute Gasteiger partial charge is 0.0511 e. The van der Waals surface area contributed by atoms with E-state index in [1.165, 1.54) is 77.2 Å². The van der Waals surface area contributed by atoms with Gasteiger partial charge in [-0.25, -0.2) is 0 Å². The average Bonchev–Trinajstić information content (AvgIpc) is 3.48. The van der Waals surface area contributed by atoms with Gasteiger partial charge >= 0.3 is 0 Å². The molecule has 0 bridgehead atoms. The predicted molar refractivity (Wildman–Crippen MR) is 328 cm³/mol. The highest BCUT2D eigenvalue weighted by atomic mass is 14.9. The second-order valence-corrected chi connectivity index (χ2v) is 25.2. The quantitative estimate of drug-likeness (QED) is 0.126. The van der Waals surface area contributed by atoms with E-state index in [0.29, 0.717) is 0 Å². The average molecular weight is 993 g/mol. The first-order chi connectivity index (χ1) is 36.2. The third-order valence-electron chi connectivity index (χ3n) is 16.3. The topological polar surface area (TPSA) is 24.1 Å². The van der Waals surface area contributed by atoms with Crippen molar-refractivity contribution in [1.82, 2.24) is 0 Å². The number of anilines is 4.